The van der Waals surface area contributed by atoms with E-state index in [0.29, 0.717) is 24.4 Å². The Kier molecular flexibility index (Phi) is 7.31. The molecule has 0 radical (unpaired) electrons. The Labute approximate surface area is 204 Å². The van der Waals surface area contributed by atoms with Crippen LogP contribution in [0.15, 0.2) is 64.8 Å². The number of halogens is 3. The molecule has 1 saturated heterocycles. The van der Waals surface area contributed by atoms with Crippen molar-refractivity contribution in [2.75, 3.05) is 25.0 Å². The normalized spacial score (nSPS) is 17.7. The summed E-state index contributed by atoms with van der Waals surface area (Å²) in [6.07, 6.45) is -2.58. The first-order chi connectivity index (χ1) is 16.6. The average Bonchev–Trinajstić information content (AvgIpc) is 2.83. The number of carbonyl (C=O) groups excluding carboxylic acids is 1. The largest absolute Gasteiger partial charge is 0.416 e. The molecule has 2 aliphatic rings. The number of anilines is 1. The lowest BCUT2D eigenvalue weighted by molar-refractivity contribution is -0.137. The van der Waals surface area contributed by atoms with E-state index >= 15 is 0 Å². The number of benzene rings is 2. The minimum absolute atomic E-state index is 0.0381. The van der Waals surface area contributed by atoms with Gasteiger partial charge in [-0.3, -0.25) is 9.89 Å². The molecule has 2 heterocycles. The number of piperidine rings is 1. The first-order valence-electron chi connectivity index (χ1n) is 11.9. The highest BCUT2D eigenvalue weighted by atomic mass is 19.4. The van der Waals surface area contributed by atoms with Crippen LogP contribution in [0.25, 0.3) is 0 Å². The third-order valence-corrected chi connectivity index (χ3v) is 6.74. The van der Waals surface area contributed by atoms with E-state index in [9.17, 15) is 18.0 Å². The van der Waals surface area contributed by atoms with Crippen molar-refractivity contribution in [2.24, 2.45) is 4.99 Å². The van der Waals surface area contributed by atoms with E-state index in [4.69, 9.17) is 4.99 Å². The van der Waals surface area contributed by atoms with Crippen LogP contribution in [0.4, 0.5) is 23.7 Å². The number of hydrogen-bond donors (Lipinski definition) is 1. The third kappa shape index (κ3) is 5.93. The Hall–Kier alpha value is -3.13. The number of likely N-dealkylation sites (tertiary alicyclic amines) is 1. The van der Waals surface area contributed by atoms with Gasteiger partial charge < -0.3 is 10.2 Å². The second kappa shape index (κ2) is 10.2. The van der Waals surface area contributed by atoms with Crippen LogP contribution in [0.3, 0.4) is 0 Å². The summed E-state index contributed by atoms with van der Waals surface area (Å²) in [5.41, 5.74) is 4.72. The van der Waals surface area contributed by atoms with Crippen LogP contribution in [0.1, 0.15) is 50.3 Å². The van der Waals surface area contributed by atoms with E-state index < -0.39 is 11.7 Å². The summed E-state index contributed by atoms with van der Waals surface area (Å²) in [6.45, 7) is 8.82. The number of allylic oxidation sites excluding steroid dienone is 1. The predicted octanol–water partition coefficient (Wildman–Crippen LogP) is 6.32. The molecule has 2 aromatic carbocycles. The Morgan fingerprint density at radius 3 is 2.31 bits per heavy atom. The number of amides is 2. The molecule has 2 amide bonds. The van der Waals surface area contributed by atoms with Gasteiger partial charge in [0.2, 0.25) is 0 Å². The van der Waals surface area contributed by atoms with Crippen LogP contribution in [0.5, 0.6) is 0 Å². The molecule has 35 heavy (non-hydrogen) atoms. The second-order valence-corrected chi connectivity index (χ2v) is 9.44. The van der Waals surface area contributed by atoms with E-state index in [1.807, 2.05) is 43.9 Å². The van der Waals surface area contributed by atoms with E-state index in [-0.39, 0.29) is 12.1 Å². The minimum atomic E-state index is -4.35. The first kappa shape index (κ1) is 25.0. The van der Waals surface area contributed by atoms with Crippen LogP contribution >= 0.6 is 0 Å². The molecule has 0 spiro atoms. The summed E-state index contributed by atoms with van der Waals surface area (Å²) in [4.78, 5) is 21.7. The fraction of sp³-hybridized carbons (Fsp3) is 0.407. The molecule has 2 aromatic rings. The van der Waals surface area contributed by atoms with Crippen molar-refractivity contribution in [2.45, 2.75) is 52.4 Å². The van der Waals surface area contributed by atoms with E-state index in [1.54, 1.807) is 0 Å². The summed E-state index contributed by atoms with van der Waals surface area (Å²) < 4.78 is 38.6. The number of urea groups is 1. The summed E-state index contributed by atoms with van der Waals surface area (Å²) in [5.74, 6) is 0. The molecule has 0 bridgehead atoms. The van der Waals surface area contributed by atoms with Crippen molar-refractivity contribution < 1.29 is 18.0 Å². The number of aliphatic imine (C=N–C) groups is 1. The molecule has 0 aliphatic carbocycles. The quantitative estimate of drug-likeness (QED) is 0.505. The van der Waals surface area contributed by atoms with Crippen molar-refractivity contribution in [3.63, 3.8) is 0 Å². The monoisotopic (exact) mass is 484 g/mol. The van der Waals surface area contributed by atoms with Gasteiger partial charge >= 0.3 is 12.2 Å². The molecule has 0 unspecified atom stereocenters. The molecule has 8 heteroatoms. The number of carbonyl (C=O) groups is 1. The number of nitrogens with zero attached hydrogens (tertiary/aromatic N) is 3. The van der Waals surface area contributed by atoms with Crippen LogP contribution in [0, 0.1) is 0 Å². The Bertz CT molecular complexity index is 1130. The maximum Gasteiger partial charge on any atom is 0.416 e. The highest BCUT2D eigenvalue weighted by Gasteiger charge is 2.32. The number of nitrogens with one attached hydrogen (secondary N) is 1. The first-order valence-corrected chi connectivity index (χ1v) is 11.9. The number of para-hydroxylation sites is 1. The van der Waals surface area contributed by atoms with Crippen molar-refractivity contribution in [1.82, 2.24) is 9.80 Å². The molecule has 0 saturated carbocycles. The molecular weight excluding hydrogens is 453 g/mol. The molecule has 0 atom stereocenters. The molecule has 1 N–H and O–H groups in total. The zero-order chi connectivity index (χ0) is 25.2. The molecule has 1 fully saturated rings. The van der Waals surface area contributed by atoms with E-state index in [2.05, 4.69) is 16.3 Å². The fourth-order valence-corrected chi connectivity index (χ4v) is 4.59. The second-order valence-electron chi connectivity index (χ2n) is 9.44. The van der Waals surface area contributed by atoms with E-state index in [0.717, 1.165) is 60.6 Å². The zero-order valence-electron chi connectivity index (χ0n) is 20.3. The Balaban J connectivity index is 1.37. The number of fused-ring (bicyclic) bond motifs is 1. The highest BCUT2D eigenvalue weighted by molar-refractivity contribution is 5.99. The smallest absolute Gasteiger partial charge is 0.317 e. The maximum atomic E-state index is 12.9. The van der Waals surface area contributed by atoms with Crippen molar-refractivity contribution >= 4 is 17.4 Å². The molecule has 4 rings (SSSR count). The van der Waals surface area contributed by atoms with Gasteiger partial charge in [-0.2, -0.15) is 13.2 Å². The lowest BCUT2D eigenvalue weighted by Gasteiger charge is -2.40. The summed E-state index contributed by atoms with van der Waals surface area (Å²) >= 11 is 0. The number of rotatable bonds is 5. The van der Waals surface area contributed by atoms with Gasteiger partial charge in [-0.25, -0.2) is 4.79 Å². The van der Waals surface area contributed by atoms with Crippen molar-refractivity contribution in [3.8, 4) is 0 Å². The van der Waals surface area contributed by atoms with E-state index in [1.165, 1.54) is 12.1 Å². The van der Waals surface area contributed by atoms with Gasteiger partial charge in [0.15, 0.2) is 0 Å². The van der Waals surface area contributed by atoms with Gasteiger partial charge in [-0.15, -0.1) is 0 Å². The molecule has 0 aromatic heterocycles. The lowest BCUT2D eigenvalue weighted by Crippen LogP contribution is -2.50. The van der Waals surface area contributed by atoms with Gasteiger partial charge in [0, 0.05) is 43.6 Å². The zero-order valence-corrected chi connectivity index (χ0v) is 20.3. The van der Waals surface area contributed by atoms with Crippen LogP contribution in [0.2, 0.25) is 0 Å². The van der Waals surface area contributed by atoms with Gasteiger partial charge in [0.25, 0.3) is 0 Å². The molecule has 5 nitrogen and oxygen atoms in total. The van der Waals surface area contributed by atoms with Crippen LogP contribution < -0.4 is 5.32 Å². The van der Waals surface area contributed by atoms with Crippen molar-refractivity contribution in [3.05, 3.63) is 76.5 Å². The molecule has 2 aliphatic heterocycles. The Morgan fingerprint density at radius 2 is 1.69 bits per heavy atom. The topological polar surface area (TPSA) is 47.9 Å². The summed E-state index contributed by atoms with van der Waals surface area (Å²) in [6, 6.07) is 13.2. The van der Waals surface area contributed by atoms with Crippen LogP contribution in [-0.2, 0) is 12.7 Å². The molecule has 186 valence electrons. The SMILES string of the molecule is CC(C)=C(CN1CCC(N2Cc3ccccc3NC2=O)CC1)/N=C(\C)c1ccc(C(F)(F)F)cc1. The van der Waals surface area contributed by atoms with Gasteiger partial charge in [0.05, 0.1) is 11.3 Å². The minimum Gasteiger partial charge on any atom is -0.317 e. The fourth-order valence-electron chi connectivity index (χ4n) is 4.59. The average molecular weight is 485 g/mol. The van der Waals surface area contributed by atoms with Gasteiger partial charge in [-0.1, -0.05) is 35.9 Å². The van der Waals surface area contributed by atoms with Gasteiger partial charge in [0.1, 0.15) is 0 Å². The number of hydrogen-bond acceptors (Lipinski definition) is 3. The third-order valence-electron chi connectivity index (χ3n) is 6.74. The van der Waals surface area contributed by atoms with Gasteiger partial charge in [-0.05, 0) is 62.9 Å². The van der Waals surface area contributed by atoms with Crippen LogP contribution in [-0.4, -0.2) is 47.2 Å². The lowest BCUT2D eigenvalue weighted by atomic mass is 10.0. The standard InChI is InChI=1S/C27H31F3N4O/c1-18(2)25(31-19(3)20-8-10-22(11-9-20)27(28,29)30)17-33-14-12-23(13-15-33)34-16-21-6-4-5-7-24(21)32-26(34)35/h4-11,23H,12-17H2,1-3H3,(H,32,35)/b31-19+. The van der Waals surface area contributed by atoms with Crippen molar-refractivity contribution in [1.29, 1.82) is 0 Å². The summed E-state index contributed by atoms with van der Waals surface area (Å²) in [7, 11) is 0. The highest BCUT2D eigenvalue weighted by Crippen LogP contribution is 2.30. The summed E-state index contributed by atoms with van der Waals surface area (Å²) in [5, 5.41) is 3.00. The Morgan fingerprint density at radius 1 is 1.03 bits per heavy atom. The maximum absolute atomic E-state index is 12.9. The molecular formula is C27H31F3N4O. The number of alkyl halides is 3. The predicted molar refractivity (Wildman–Crippen MR) is 132 cm³/mol.